The zero-order chi connectivity index (χ0) is 12.3. The summed E-state index contributed by atoms with van der Waals surface area (Å²) in [6.45, 7) is 1.54. The molecule has 5 heteroatoms. The average Bonchev–Trinajstić information content (AvgIpc) is 2.78. The molecule has 1 fully saturated rings. The quantitative estimate of drug-likeness (QED) is 0.854. The summed E-state index contributed by atoms with van der Waals surface area (Å²) in [5, 5.41) is 3.08. The number of hydrogen-bond donors (Lipinski definition) is 1. The van der Waals surface area contributed by atoms with E-state index in [2.05, 4.69) is 10.3 Å². The number of nitrogens with zero attached hydrogens (tertiary/aromatic N) is 2. The third-order valence-electron chi connectivity index (χ3n) is 3.02. The first-order valence-electron chi connectivity index (χ1n) is 5.79. The van der Waals surface area contributed by atoms with Gasteiger partial charge in [-0.25, -0.2) is 9.37 Å². The Morgan fingerprint density at radius 1 is 1.65 bits per heavy atom. The minimum atomic E-state index is -0.422. The van der Waals surface area contributed by atoms with Gasteiger partial charge in [-0.15, -0.1) is 0 Å². The summed E-state index contributed by atoms with van der Waals surface area (Å²) in [5.74, 6) is -0.530. The maximum absolute atomic E-state index is 12.7. The minimum absolute atomic E-state index is 0.109. The van der Waals surface area contributed by atoms with E-state index in [1.807, 2.05) is 11.9 Å². The van der Waals surface area contributed by atoms with E-state index in [1.165, 1.54) is 12.1 Å². The second-order valence-corrected chi connectivity index (χ2v) is 4.21. The van der Waals surface area contributed by atoms with E-state index < -0.39 is 5.82 Å². The average molecular weight is 237 g/mol. The van der Waals surface area contributed by atoms with Crippen LogP contribution in [0.5, 0.6) is 0 Å². The van der Waals surface area contributed by atoms with Crippen LogP contribution in [0, 0.1) is 5.82 Å². The molecule has 1 unspecified atom stereocenters. The van der Waals surface area contributed by atoms with Gasteiger partial charge in [0.15, 0.2) is 0 Å². The molecule has 1 amide bonds. The first-order chi connectivity index (χ1) is 8.22. The molecule has 4 nitrogen and oxygen atoms in total. The van der Waals surface area contributed by atoms with Gasteiger partial charge in [0.05, 0.1) is 6.20 Å². The Bertz CT molecular complexity index is 393. The van der Waals surface area contributed by atoms with Crippen LogP contribution in [0.2, 0.25) is 0 Å². The summed E-state index contributed by atoms with van der Waals surface area (Å²) < 4.78 is 12.7. The van der Waals surface area contributed by atoms with Gasteiger partial charge in [0.25, 0.3) is 5.91 Å². The van der Waals surface area contributed by atoms with Crippen LogP contribution in [-0.2, 0) is 0 Å². The predicted octanol–water partition coefficient (Wildman–Crippen LogP) is 1.04. The number of halogens is 1. The molecule has 1 atom stereocenters. The number of rotatable bonds is 3. The number of nitrogens with one attached hydrogen (secondary N) is 1. The van der Waals surface area contributed by atoms with Gasteiger partial charge in [-0.3, -0.25) is 4.79 Å². The first kappa shape index (κ1) is 12.0. The van der Waals surface area contributed by atoms with E-state index in [9.17, 15) is 9.18 Å². The monoisotopic (exact) mass is 237 g/mol. The normalized spacial score (nSPS) is 19.6. The number of carbonyl (C=O) groups excluding carboxylic acids is 1. The van der Waals surface area contributed by atoms with E-state index in [0.29, 0.717) is 5.69 Å². The summed E-state index contributed by atoms with van der Waals surface area (Å²) in [6, 6.07) is 2.93. The lowest BCUT2D eigenvalue weighted by Gasteiger charge is -2.24. The van der Waals surface area contributed by atoms with Crippen molar-refractivity contribution in [2.24, 2.45) is 0 Å². The molecule has 0 radical (unpaired) electrons. The lowest BCUT2D eigenvalue weighted by atomic mass is 10.2. The molecule has 1 N–H and O–H groups in total. The highest BCUT2D eigenvalue weighted by Gasteiger charge is 2.29. The van der Waals surface area contributed by atoms with Gasteiger partial charge in [0.1, 0.15) is 11.5 Å². The fraction of sp³-hybridized carbons (Fsp3) is 0.500. The van der Waals surface area contributed by atoms with Crippen molar-refractivity contribution in [3.05, 3.63) is 29.8 Å². The molecule has 1 saturated heterocycles. The molecule has 2 rings (SSSR count). The molecule has 17 heavy (non-hydrogen) atoms. The number of aromatic nitrogens is 1. The predicted molar refractivity (Wildman–Crippen MR) is 62.2 cm³/mol. The van der Waals surface area contributed by atoms with Crippen LogP contribution in [0.1, 0.15) is 23.3 Å². The molecule has 2 heterocycles. The number of pyridine rings is 1. The molecule has 1 aromatic heterocycles. The zero-order valence-corrected chi connectivity index (χ0v) is 9.82. The Balaban J connectivity index is 2.11. The second-order valence-electron chi connectivity index (χ2n) is 4.21. The molecular formula is C12H16FN3O. The molecule has 1 aliphatic rings. The van der Waals surface area contributed by atoms with Crippen molar-refractivity contribution < 1.29 is 9.18 Å². The van der Waals surface area contributed by atoms with Crippen molar-refractivity contribution in [1.29, 1.82) is 0 Å². The van der Waals surface area contributed by atoms with Gasteiger partial charge in [0, 0.05) is 19.1 Å². The lowest BCUT2D eigenvalue weighted by Crippen LogP contribution is -2.41. The Morgan fingerprint density at radius 3 is 3.12 bits per heavy atom. The number of likely N-dealkylation sites (tertiary alicyclic amines) is 1. The van der Waals surface area contributed by atoms with E-state index in [0.717, 1.165) is 32.1 Å². The molecular weight excluding hydrogens is 221 g/mol. The van der Waals surface area contributed by atoms with Gasteiger partial charge >= 0.3 is 0 Å². The maximum Gasteiger partial charge on any atom is 0.272 e. The van der Waals surface area contributed by atoms with Crippen molar-refractivity contribution in [1.82, 2.24) is 15.2 Å². The van der Waals surface area contributed by atoms with Crippen LogP contribution in [0.25, 0.3) is 0 Å². The summed E-state index contributed by atoms with van der Waals surface area (Å²) in [6.07, 6.45) is 3.10. The SMILES string of the molecule is CNCC1CCCN1C(=O)c1ccc(F)cn1. The Labute approximate surface area is 99.8 Å². The van der Waals surface area contributed by atoms with Gasteiger partial charge in [-0.05, 0) is 32.0 Å². The molecule has 0 aliphatic carbocycles. The number of hydrogen-bond acceptors (Lipinski definition) is 3. The number of amides is 1. The maximum atomic E-state index is 12.7. The van der Waals surface area contributed by atoms with Crippen molar-refractivity contribution in [2.45, 2.75) is 18.9 Å². The Kier molecular flexibility index (Phi) is 3.68. The molecule has 1 aliphatic heterocycles. The highest BCUT2D eigenvalue weighted by atomic mass is 19.1. The molecule has 92 valence electrons. The molecule has 0 spiro atoms. The Hall–Kier alpha value is -1.49. The lowest BCUT2D eigenvalue weighted by molar-refractivity contribution is 0.0731. The van der Waals surface area contributed by atoms with Gasteiger partial charge in [0.2, 0.25) is 0 Å². The minimum Gasteiger partial charge on any atom is -0.333 e. The van der Waals surface area contributed by atoms with Crippen LogP contribution >= 0.6 is 0 Å². The summed E-state index contributed by atoms with van der Waals surface area (Å²) in [5.41, 5.74) is 0.314. The molecule has 0 saturated carbocycles. The van der Waals surface area contributed by atoms with E-state index in [4.69, 9.17) is 0 Å². The summed E-state index contributed by atoms with van der Waals surface area (Å²) >= 11 is 0. The van der Waals surface area contributed by atoms with Crippen LogP contribution in [0.4, 0.5) is 4.39 Å². The fourth-order valence-electron chi connectivity index (χ4n) is 2.20. The van der Waals surface area contributed by atoms with Gasteiger partial charge in [-0.2, -0.15) is 0 Å². The van der Waals surface area contributed by atoms with Crippen molar-refractivity contribution in [2.75, 3.05) is 20.1 Å². The topological polar surface area (TPSA) is 45.2 Å². The first-order valence-corrected chi connectivity index (χ1v) is 5.79. The van der Waals surface area contributed by atoms with E-state index >= 15 is 0 Å². The largest absolute Gasteiger partial charge is 0.333 e. The third-order valence-corrected chi connectivity index (χ3v) is 3.02. The van der Waals surface area contributed by atoms with Crippen LogP contribution in [0.3, 0.4) is 0 Å². The van der Waals surface area contributed by atoms with Crippen molar-refractivity contribution in [3.8, 4) is 0 Å². The van der Waals surface area contributed by atoms with Gasteiger partial charge in [-0.1, -0.05) is 0 Å². The molecule has 1 aromatic rings. The third kappa shape index (κ3) is 2.61. The van der Waals surface area contributed by atoms with Crippen LogP contribution in [-0.4, -0.2) is 42.0 Å². The number of carbonyl (C=O) groups is 1. The molecule has 0 bridgehead atoms. The highest BCUT2D eigenvalue weighted by Crippen LogP contribution is 2.18. The van der Waals surface area contributed by atoms with E-state index in [1.54, 1.807) is 0 Å². The second kappa shape index (κ2) is 5.23. The highest BCUT2D eigenvalue weighted by molar-refractivity contribution is 5.92. The van der Waals surface area contributed by atoms with Crippen LogP contribution in [0.15, 0.2) is 18.3 Å². The molecule has 0 aromatic carbocycles. The zero-order valence-electron chi connectivity index (χ0n) is 9.82. The smallest absolute Gasteiger partial charge is 0.272 e. The summed E-state index contributed by atoms with van der Waals surface area (Å²) in [7, 11) is 1.87. The standard InChI is InChI=1S/C12H16FN3O/c1-14-8-10-3-2-6-16(10)12(17)11-5-4-9(13)7-15-11/h4-5,7,10,14H,2-3,6,8H2,1H3. The summed E-state index contributed by atoms with van der Waals surface area (Å²) in [4.78, 5) is 17.8. The van der Waals surface area contributed by atoms with Crippen molar-refractivity contribution >= 4 is 5.91 Å². The van der Waals surface area contributed by atoms with E-state index in [-0.39, 0.29) is 11.9 Å². The van der Waals surface area contributed by atoms with Gasteiger partial charge < -0.3 is 10.2 Å². The van der Waals surface area contributed by atoms with Crippen LogP contribution < -0.4 is 5.32 Å². The fourth-order valence-corrected chi connectivity index (χ4v) is 2.20. The number of likely N-dealkylation sites (N-methyl/N-ethyl adjacent to an activating group) is 1. The van der Waals surface area contributed by atoms with Crippen molar-refractivity contribution in [3.63, 3.8) is 0 Å². The Morgan fingerprint density at radius 2 is 2.47 bits per heavy atom.